The van der Waals surface area contributed by atoms with Crippen molar-refractivity contribution in [3.05, 3.63) is 89.5 Å². The second kappa shape index (κ2) is 8.09. The predicted octanol–water partition coefficient (Wildman–Crippen LogP) is 4.21. The van der Waals surface area contributed by atoms with Crippen molar-refractivity contribution < 1.29 is 9.59 Å². The van der Waals surface area contributed by atoms with Crippen molar-refractivity contribution in [2.24, 2.45) is 0 Å². The molecule has 4 nitrogen and oxygen atoms in total. The lowest BCUT2D eigenvalue weighted by atomic mass is 10.0. The number of benzene rings is 3. The lowest BCUT2D eigenvalue weighted by Crippen LogP contribution is -2.32. The van der Waals surface area contributed by atoms with Gasteiger partial charge in [-0.2, -0.15) is 0 Å². The number of fused-ring (bicyclic) bond motifs is 1. The Bertz CT molecular complexity index is 995. The molecule has 140 valence electrons. The molecule has 0 atom stereocenters. The summed E-state index contributed by atoms with van der Waals surface area (Å²) in [4.78, 5) is 24.5. The third-order valence-corrected chi connectivity index (χ3v) is 5.05. The monoisotopic (exact) mass is 370 g/mol. The Morgan fingerprint density at radius 2 is 1.50 bits per heavy atom. The fourth-order valence-corrected chi connectivity index (χ4v) is 3.56. The van der Waals surface area contributed by atoms with Gasteiger partial charge in [0.15, 0.2) is 0 Å². The molecule has 0 radical (unpaired) electrons. The largest absolute Gasteiger partial charge is 0.343 e. The lowest BCUT2D eigenvalue weighted by molar-refractivity contribution is -0.115. The van der Waals surface area contributed by atoms with Gasteiger partial charge in [-0.25, -0.2) is 0 Å². The van der Waals surface area contributed by atoms with Crippen LogP contribution in [0.5, 0.6) is 0 Å². The van der Waals surface area contributed by atoms with Crippen LogP contribution >= 0.6 is 0 Å². The van der Waals surface area contributed by atoms with Crippen LogP contribution in [0.3, 0.4) is 0 Å². The molecule has 0 aromatic heterocycles. The standard InChI is InChI=1S/C24H22N2O2/c27-23(26-22-14-13-18-7-4-8-21(18)15-22)16-25-24(28)20-11-9-19(10-12-20)17-5-2-1-3-6-17/h1-3,5-6,9-15H,4,7-8,16H2,(H,25,28)(H,26,27). The normalized spacial score (nSPS) is 12.3. The maximum atomic E-state index is 12.3. The summed E-state index contributed by atoms with van der Waals surface area (Å²) in [5.74, 6) is -0.490. The zero-order valence-electron chi connectivity index (χ0n) is 15.6. The van der Waals surface area contributed by atoms with E-state index in [0.29, 0.717) is 5.56 Å². The average Bonchev–Trinajstić information content (AvgIpc) is 3.21. The molecule has 0 saturated carbocycles. The van der Waals surface area contributed by atoms with Crippen molar-refractivity contribution in [3.63, 3.8) is 0 Å². The summed E-state index contributed by atoms with van der Waals surface area (Å²) < 4.78 is 0. The lowest BCUT2D eigenvalue weighted by Gasteiger charge is -2.09. The number of rotatable bonds is 5. The summed E-state index contributed by atoms with van der Waals surface area (Å²) in [7, 11) is 0. The molecule has 0 heterocycles. The van der Waals surface area contributed by atoms with E-state index < -0.39 is 0 Å². The molecule has 0 spiro atoms. The zero-order valence-corrected chi connectivity index (χ0v) is 15.6. The van der Waals surface area contributed by atoms with Gasteiger partial charge < -0.3 is 10.6 Å². The number of carbonyl (C=O) groups excluding carboxylic acids is 2. The Kier molecular flexibility index (Phi) is 5.20. The molecule has 28 heavy (non-hydrogen) atoms. The first-order valence-electron chi connectivity index (χ1n) is 9.54. The molecular weight excluding hydrogens is 348 g/mol. The maximum absolute atomic E-state index is 12.3. The summed E-state index contributed by atoms with van der Waals surface area (Å²) in [6.07, 6.45) is 3.35. The van der Waals surface area contributed by atoms with Crippen LogP contribution in [0.15, 0.2) is 72.8 Å². The Balaban J connectivity index is 1.32. The van der Waals surface area contributed by atoms with Gasteiger partial charge in [0.05, 0.1) is 6.54 Å². The third kappa shape index (κ3) is 4.12. The highest BCUT2D eigenvalue weighted by molar-refractivity contribution is 5.99. The van der Waals surface area contributed by atoms with E-state index in [4.69, 9.17) is 0 Å². The van der Waals surface area contributed by atoms with Crippen molar-refractivity contribution >= 4 is 17.5 Å². The second-order valence-corrected chi connectivity index (χ2v) is 7.01. The first-order valence-corrected chi connectivity index (χ1v) is 9.54. The van der Waals surface area contributed by atoms with E-state index in [1.54, 1.807) is 12.1 Å². The minimum absolute atomic E-state index is 0.0592. The van der Waals surface area contributed by atoms with E-state index in [2.05, 4.69) is 16.7 Å². The van der Waals surface area contributed by atoms with E-state index in [-0.39, 0.29) is 18.4 Å². The fourth-order valence-electron chi connectivity index (χ4n) is 3.56. The van der Waals surface area contributed by atoms with Gasteiger partial charge in [-0.1, -0.05) is 48.5 Å². The predicted molar refractivity (Wildman–Crippen MR) is 111 cm³/mol. The highest BCUT2D eigenvalue weighted by atomic mass is 16.2. The Labute approximate surface area is 164 Å². The molecule has 0 aliphatic heterocycles. The van der Waals surface area contributed by atoms with Gasteiger partial charge in [-0.05, 0) is 65.8 Å². The minimum Gasteiger partial charge on any atom is -0.343 e. The summed E-state index contributed by atoms with van der Waals surface area (Å²) in [5, 5.41) is 5.53. The molecule has 4 heteroatoms. The molecule has 0 fully saturated rings. The Morgan fingerprint density at radius 3 is 2.29 bits per heavy atom. The fraction of sp³-hybridized carbons (Fsp3) is 0.167. The van der Waals surface area contributed by atoms with Crippen LogP contribution in [0.2, 0.25) is 0 Å². The first-order chi connectivity index (χ1) is 13.7. The average molecular weight is 370 g/mol. The number of anilines is 1. The summed E-state index contributed by atoms with van der Waals surface area (Å²) in [5.41, 5.74) is 6.14. The van der Waals surface area contributed by atoms with Gasteiger partial charge in [0, 0.05) is 11.3 Å². The van der Waals surface area contributed by atoms with Crippen molar-refractivity contribution in [2.45, 2.75) is 19.3 Å². The zero-order chi connectivity index (χ0) is 19.3. The topological polar surface area (TPSA) is 58.2 Å². The van der Waals surface area contributed by atoms with E-state index in [0.717, 1.165) is 29.7 Å². The quantitative estimate of drug-likeness (QED) is 0.707. The Morgan fingerprint density at radius 1 is 0.786 bits per heavy atom. The number of aryl methyl sites for hydroxylation is 2. The minimum atomic E-state index is -0.260. The summed E-state index contributed by atoms with van der Waals surface area (Å²) >= 11 is 0. The number of carbonyl (C=O) groups is 2. The second-order valence-electron chi connectivity index (χ2n) is 7.01. The summed E-state index contributed by atoms with van der Waals surface area (Å²) in [6.45, 7) is -0.0592. The molecule has 3 aromatic carbocycles. The SMILES string of the molecule is O=C(CNC(=O)c1ccc(-c2ccccc2)cc1)Nc1ccc2c(c1)CCC2. The molecule has 0 unspecified atom stereocenters. The molecule has 1 aliphatic rings. The number of nitrogens with one attached hydrogen (secondary N) is 2. The first kappa shape index (κ1) is 18.0. The number of amides is 2. The molecule has 3 aromatic rings. The van der Waals surface area contributed by atoms with E-state index in [9.17, 15) is 9.59 Å². The van der Waals surface area contributed by atoms with Crippen molar-refractivity contribution in [3.8, 4) is 11.1 Å². The van der Waals surface area contributed by atoms with Gasteiger partial charge in [0.1, 0.15) is 0 Å². The maximum Gasteiger partial charge on any atom is 0.251 e. The third-order valence-electron chi connectivity index (χ3n) is 5.05. The molecular formula is C24H22N2O2. The van der Waals surface area contributed by atoms with Gasteiger partial charge in [-0.15, -0.1) is 0 Å². The molecule has 1 aliphatic carbocycles. The van der Waals surface area contributed by atoms with E-state index in [1.165, 1.54) is 17.5 Å². The molecule has 0 saturated heterocycles. The Hall–Kier alpha value is -3.40. The van der Waals surface area contributed by atoms with Gasteiger partial charge in [-0.3, -0.25) is 9.59 Å². The highest BCUT2D eigenvalue weighted by Gasteiger charge is 2.13. The van der Waals surface area contributed by atoms with Crippen LogP contribution < -0.4 is 10.6 Å². The van der Waals surface area contributed by atoms with Gasteiger partial charge >= 0.3 is 0 Å². The van der Waals surface area contributed by atoms with Crippen LogP contribution in [-0.4, -0.2) is 18.4 Å². The van der Waals surface area contributed by atoms with Crippen LogP contribution in [0.25, 0.3) is 11.1 Å². The van der Waals surface area contributed by atoms with Crippen LogP contribution in [-0.2, 0) is 17.6 Å². The number of hydrogen-bond donors (Lipinski definition) is 2. The van der Waals surface area contributed by atoms with Gasteiger partial charge in [0.25, 0.3) is 5.91 Å². The van der Waals surface area contributed by atoms with E-state index in [1.807, 2.05) is 54.6 Å². The molecule has 0 bridgehead atoms. The molecule has 2 amide bonds. The highest BCUT2D eigenvalue weighted by Crippen LogP contribution is 2.24. The molecule has 4 rings (SSSR count). The van der Waals surface area contributed by atoms with Crippen molar-refractivity contribution in [1.82, 2.24) is 5.32 Å². The van der Waals surface area contributed by atoms with E-state index >= 15 is 0 Å². The van der Waals surface area contributed by atoms with Crippen LogP contribution in [0.4, 0.5) is 5.69 Å². The molecule has 2 N–H and O–H groups in total. The smallest absolute Gasteiger partial charge is 0.251 e. The van der Waals surface area contributed by atoms with Crippen LogP contribution in [0.1, 0.15) is 27.9 Å². The number of hydrogen-bond acceptors (Lipinski definition) is 2. The van der Waals surface area contributed by atoms with Crippen LogP contribution in [0, 0.1) is 0 Å². The van der Waals surface area contributed by atoms with Crippen molar-refractivity contribution in [1.29, 1.82) is 0 Å². The summed E-state index contributed by atoms with van der Waals surface area (Å²) in [6, 6.07) is 23.4. The van der Waals surface area contributed by atoms with Gasteiger partial charge in [0.2, 0.25) is 5.91 Å². The van der Waals surface area contributed by atoms with Crippen molar-refractivity contribution in [2.75, 3.05) is 11.9 Å².